The summed E-state index contributed by atoms with van der Waals surface area (Å²) in [5.74, 6) is 1.28. The van der Waals surface area contributed by atoms with Crippen molar-refractivity contribution in [2.75, 3.05) is 25.5 Å². The molecular weight excluding hydrogens is 460 g/mol. The molecule has 182 valence electrons. The summed E-state index contributed by atoms with van der Waals surface area (Å²) in [6, 6.07) is 8.87. The Morgan fingerprint density at radius 2 is 2.00 bits per heavy atom. The van der Waals surface area contributed by atoms with Crippen molar-refractivity contribution in [2.24, 2.45) is 7.05 Å². The molecule has 5 heterocycles. The Hall–Kier alpha value is -4.56. The van der Waals surface area contributed by atoms with Crippen LogP contribution in [0.2, 0.25) is 0 Å². The molecule has 0 saturated carbocycles. The van der Waals surface area contributed by atoms with E-state index in [1.54, 1.807) is 53.4 Å². The van der Waals surface area contributed by atoms with Crippen molar-refractivity contribution < 1.29 is 14.3 Å². The number of nitriles is 1. The van der Waals surface area contributed by atoms with E-state index in [-0.39, 0.29) is 11.5 Å². The van der Waals surface area contributed by atoms with Crippen LogP contribution in [0.4, 0.5) is 11.5 Å². The SMILES string of the molecule is COC1(C)CN(C(=O)c2ccc(Nc3cc(Oc4cnc(C#N)cc4C)nc4c3ncn4C)nc2)C1. The van der Waals surface area contributed by atoms with Gasteiger partial charge in [0, 0.05) is 26.4 Å². The van der Waals surface area contributed by atoms with Gasteiger partial charge in [-0.25, -0.2) is 15.0 Å². The molecular formula is C25H24N8O3. The highest BCUT2D eigenvalue weighted by Gasteiger charge is 2.41. The van der Waals surface area contributed by atoms with Gasteiger partial charge in [0.25, 0.3) is 5.91 Å². The van der Waals surface area contributed by atoms with Crippen molar-refractivity contribution in [2.45, 2.75) is 19.4 Å². The van der Waals surface area contributed by atoms with Crippen molar-refractivity contribution in [3.8, 4) is 17.7 Å². The van der Waals surface area contributed by atoms with Gasteiger partial charge in [0.1, 0.15) is 28.7 Å². The number of hydrogen-bond acceptors (Lipinski definition) is 9. The first-order chi connectivity index (χ1) is 17.3. The van der Waals surface area contributed by atoms with Gasteiger partial charge in [-0.15, -0.1) is 0 Å². The van der Waals surface area contributed by atoms with Crippen molar-refractivity contribution in [1.29, 1.82) is 5.26 Å². The molecule has 1 N–H and O–H groups in total. The van der Waals surface area contributed by atoms with Crippen LogP contribution >= 0.6 is 0 Å². The number of amides is 1. The van der Waals surface area contributed by atoms with Gasteiger partial charge in [-0.3, -0.25) is 4.79 Å². The zero-order chi connectivity index (χ0) is 25.4. The van der Waals surface area contributed by atoms with Crippen molar-refractivity contribution in [1.82, 2.24) is 29.4 Å². The minimum absolute atomic E-state index is 0.0818. The Balaban J connectivity index is 1.38. The van der Waals surface area contributed by atoms with E-state index >= 15 is 0 Å². The van der Waals surface area contributed by atoms with Gasteiger partial charge < -0.3 is 24.3 Å². The van der Waals surface area contributed by atoms with Crippen LogP contribution in [0.1, 0.15) is 28.5 Å². The Morgan fingerprint density at radius 1 is 1.19 bits per heavy atom. The Bertz CT molecular complexity index is 1500. The molecule has 0 aromatic carbocycles. The maximum absolute atomic E-state index is 12.7. The maximum atomic E-state index is 12.7. The van der Waals surface area contributed by atoms with Gasteiger partial charge in [0.15, 0.2) is 11.4 Å². The second-order valence-corrected chi connectivity index (χ2v) is 8.96. The minimum Gasteiger partial charge on any atom is -0.437 e. The van der Waals surface area contributed by atoms with E-state index in [9.17, 15) is 4.79 Å². The summed E-state index contributed by atoms with van der Waals surface area (Å²) < 4.78 is 13.2. The molecule has 11 nitrogen and oxygen atoms in total. The lowest BCUT2D eigenvalue weighted by molar-refractivity contribution is -0.0947. The number of aryl methyl sites for hydroxylation is 2. The fourth-order valence-electron chi connectivity index (χ4n) is 3.99. The molecule has 1 aliphatic heterocycles. The van der Waals surface area contributed by atoms with Crippen LogP contribution < -0.4 is 10.1 Å². The van der Waals surface area contributed by atoms with E-state index in [4.69, 9.17) is 14.7 Å². The number of aromatic nitrogens is 5. The number of methoxy groups -OCH3 is 1. The third-order valence-corrected chi connectivity index (χ3v) is 6.14. The third-order valence-electron chi connectivity index (χ3n) is 6.14. The summed E-state index contributed by atoms with van der Waals surface area (Å²) in [7, 11) is 3.49. The lowest BCUT2D eigenvalue weighted by Crippen LogP contribution is -2.62. The van der Waals surface area contributed by atoms with E-state index < -0.39 is 0 Å². The van der Waals surface area contributed by atoms with Crippen LogP contribution in [0.25, 0.3) is 11.2 Å². The summed E-state index contributed by atoms with van der Waals surface area (Å²) in [6.45, 7) is 4.91. The number of pyridine rings is 3. The standard InChI is InChI=1S/C25H24N8O3/c1-15-7-17(9-26)27-11-19(15)36-21-8-18(22-23(31-21)32(3)14-29-22)30-20-6-5-16(10-28-20)24(34)33-12-25(2,13-33)35-4/h5-8,10-11,14H,12-13H2,1-4H3,(H,28,30,31). The smallest absolute Gasteiger partial charge is 0.255 e. The number of fused-ring (bicyclic) bond motifs is 1. The summed E-state index contributed by atoms with van der Waals surface area (Å²) in [5.41, 5.74) is 3.18. The van der Waals surface area contributed by atoms with E-state index in [1.165, 1.54) is 6.20 Å². The lowest BCUT2D eigenvalue weighted by atomic mass is 9.95. The van der Waals surface area contributed by atoms with Crippen molar-refractivity contribution in [3.05, 3.63) is 59.8 Å². The molecule has 1 amide bonds. The predicted octanol–water partition coefficient (Wildman–Crippen LogP) is 3.34. The first-order valence-electron chi connectivity index (χ1n) is 11.2. The minimum atomic E-state index is -0.286. The highest BCUT2D eigenvalue weighted by atomic mass is 16.5. The summed E-state index contributed by atoms with van der Waals surface area (Å²) in [4.78, 5) is 32.0. The zero-order valence-electron chi connectivity index (χ0n) is 20.3. The molecule has 0 unspecified atom stereocenters. The van der Waals surface area contributed by atoms with Crippen LogP contribution in [0.5, 0.6) is 11.6 Å². The number of ether oxygens (including phenoxy) is 2. The molecule has 0 radical (unpaired) electrons. The number of imidazole rings is 1. The maximum Gasteiger partial charge on any atom is 0.255 e. The highest BCUT2D eigenvalue weighted by Crippen LogP contribution is 2.31. The first kappa shape index (κ1) is 23.2. The van der Waals surface area contributed by atoms with E-state index in [1.807, 2.05) is 27.0 Å². The monoisotopic (exact) mass is 484 g/mol. The molecule has 0 aliphatic carbocycles. The van der Waals surface area contributed by atoms with E-state index in [2.05, 4.69) is 25.3 Å². The molecule has 5 rings (SSSR count). The Morgan fingerprint density at radius 3 is 2.67 bits per heavy atom. The van der Waals surface area contributed by atoms with Gasteiger partial charge in [0.2, 0.25) is 5.88 Å². The predicted molar refractivity (Wildman–Crippen MR) is 131 cm³/mol. The molecule has 36 heavy (non-hydrogen) atoms. The first-order valence-corrected chi connectivity index (χ1v) is 11.2. The Kier molecular flexibility index (Phi) is 5.74. The van der Waals surface area contributed by atoms with Gasteiger partial charge in [0.05, 0.1) is 36.9 Å². The van der Waals surface area contributed by atoms with Crippen LogP contribution in [0.15, 0.2) is 43.0 Å². The molecule has 1 fully saturated rings. The number of likely N-dealkylation sites (tertiary alicyclic amines) is 1. The number of hydrogen-bond donors (Lipinski definition) is 1. The van der Waals surface area contributed by atoms with Gasteiger partial charge in [-0.05, 0) is 37.6 Å². The van der Waals surface area contributed by atoms with Crippen LogP contribution in [-0.2, 0) is 11.8 Å². The summed E-state index contributed by atoms with van der Waals surface area (Å²) >= 11 is 0. The summed E-state index contributed by atoms with van der Waals surface area (Å²) in [6.07, 6.45) is 4.71. The number of nitrogens with zero attached hydrogens (tertiary/aromatic N) is 7. The van der Waals surface area contributed by atoms with E-state index in [0.29, 0.717) is 58.6 Å². The third kappa shape index (κ3) is 4.30. The lowest BCUT2D eigenvalue weighted by Gasteiger charge is -2.46. The number of carbonyl (C=O) groups is 1. The van der Waals surface area contributed by atoms with Crippen molar-refractivity contribution in [3.63, 3.8) is 0 Å². The molecule has 0 atom stereocenters. The number of anilines is 2. The van der Waals surface area contributed by atoms with Crippen LogP contribution in [0, 0.1) is 18.3 Å². The average Bonchev–Trinajstić information content (AvgIpc) is 3.24. The topological polar surface area (TPSA) is 131 Å². The zero-order valence-corrected chi connectivity index (χ0v) is 20.3. The average molecular weight is 485 g/mol. The second-order valence-electron chi connectivity index (χ2n) is 8.96. The fraction of sp³-hybridized carbons (Fsp3) is 0.280. The molecule has 4 aromatic rings. The molecule has 11 heteroatoms. The molecule has 1 aliphatic rings. The molecule has 0 spiro atoms. The van der Waals surface area contributed by atoms with Gasteiger partial charge in [-0.1, -0.05) is 0 Å². The largest absolute Gasteiger partial charge is 0.437 e. The van der Waals surface area contributed by atoms with Crippen molar-refractivity contribution >= 4 is 28.6 Å². The second kappa shape index (κ2) is 8.90. The Labute approximate surface area is 207 Å². The number of nitrogens with one attached hydrogen (secondary N) is 1. The summed E-state index contributed by atoms with van der Waals surface area (Å²) in [5, 5.41) is 12.3. The normalized spacial score (nSPS) is 14.2. The molecule has 0 bridgehead atoms. The van der Waals surface area contributed by atoms with Gasteiger partial charge in [-0.2, -0.15) is 10.2 Å². The van der Waals surface area contributed by atoms with E-state index in [0.717, 1.165) is 5.56 Å². The highest BCUT2D eigenvalue weighted by molar-refractivity contribution is 5.95. The molecule has 1 saturated heterocycles. The van der Waals surface area contributed by atoms with Crippen LogP contribution in [0.3, 0.4) is 0 Å². The number of carbonyl (C=O) groups excluding carboxylic acids is 1. The van der Waals surface area contributed by atoms with Crippen LogP contribution in [-0.4, -0.2) is 61.1 Å². The van der Waals surface area contributed by atoms with Gasteiger partial charge >= 0.3 is 0 Å². The fourth-order valence-corrected chi connectivity index (χ4v) is 3.99. The molecule has 4 aromatic heterocycles. The number of rotatable bonds is 6. The quantitative estimate of drug-likeness (QED) is 0.438.